The van der Waals surface area contributed by atoms with Crippen molar-refractivity contribution in [2.45, 2.75) is 13.8 Å². The Bertz CT molecular complexity index is 587. The monoisotopic (exact) mass is 241 g/mol. The van der Waals surface area contributed by atoms with Crippen molar-refractivity contribution >= 4 is 11.4 Å². The fourth-order valence-corrected chi connectivity index (χ4v) is 1.77. The van der Waals surface area contributed by atoms with Crippen LogP contribution < -0.4 is 5.32 Å². The van der Waals surface area contributed by atoms with Crippen LogP contribution in [0, 0.1) is 19.7 Å². The Morgan fingerprint density at radius 2 is 1.78 bits per heavy atom. The SMILES string of the molecule is C=C(Nc1ccc(C)c(C)c1)c1ccccc1F. The van der Waals surface area contributed by atoms with E-state index in [4.69, 9.17) is 0 Å². The lowest BCUT2D eigenvalue weighted by Crippen LogP contribution is -2.00. The van der Waals surface area contributed by atoms with Crippen molar-refractivity contribution in [2.24, 2.45) is 0 Å². The van der Waals surface area contributed by atoms with E-state index in [9.17, 15) is 4.39 Å². The topological polar surface area (TPSA) is 12.0 Å². The Morgan fingerprint density at radius 3 is 2.44 bits per heavy atom. The summed E-state index contributed by atoms with van der Waals surface area (Å²) >= 11 is 0. The van der Waals surface area contributed by atoms with E-state index in [0.717, 1.165) is 5.69 Å². The number of hydrogen-bond donors (Lipinski definition) is 1. The molecule has 18 heavy (non-hydrogen) atoms. The Labute approximate surface area is 107 Å². The second-order valence-electron chi connectivity index (χ2n) is 4.38. The summed E-state index contributed by atoms with van der Waals surface area (Å²) in [6.45, 7) is 7.99. The summed E-state index contributed by atoms with van der Waals surface area (Å²) in [6, 6.07) is 12.6. The van der Waals surface area contributed by atoms with E-state index in [0.29, 0.717) is 11.3 Å². The van der Waals surface area contributed by atoms with Crippen LogP contribution in [-0.4, -0.2) is 0 Å². The van der Waals surface area contributed by atoms with Crippen LogP contribution in [0.15, 0.2) is 49.0 Å². The summed E-state index contributed by atoms with van der Waals surface area (Å²) in [5.74, 6) is -0.265. The van der Waals surface area contributed by atoms with Crippen molar-refractivity contribution in [2.75, 3.05) is 5.32 Å². The molecule has 0 radical (unpaired) electrons. The minimum absolute atomic E-state index is 0.265. The highest BCUT2D eigenvalue weighted by molar-refractivity contribution is 5.75. The first-order chi connectivity index (χ1) is 8.58. The van der Waals surface area contributed by atoms with Crippen LogP contribution >= 0.6 is 0 Å². The normalized spacial score (nSPS) is 10.2. The molecule has 0 bridgehead atoms. The smallest absolute Gasteiger partial charge is 0.132 e. The lowest BCUT2D eigenvalue weighted by Gasteiger charge is -2.12. The molecule has 0 aliphatic rings. The maximum absolute atomic E-state index is 13.6. The molecule has 0 fully saturated rings. The molecule has 2 aromatic rings. The van der Waals surface area contributed by atoms with E-state index in [-0.39, 0.29) is 5.82 Å². The Balaban J connectivity index is 2.22. The van der Waals surface area contributed by atoms with Crippen LogP contribution in [-0.2, 0) is 0 Å². The number of aryl methyl sites for hydroxylation is 2. The van der Waals surface area contributed by atoms with Crippen LogP contribution in [0.5, 0.6) is 0 Å². The van der Waals surface area contributed by atoms with Crippen molar-refractivity contribution in [1.82, 2.24) is 0 Å². The van der Waals surface area contributed by atoms with Gasteiger partial charge in [0, 0.05) is 16.9 Å². The van der Waals surface area contributed by atoms with Crippen LogP contribution in [0.2, 0.25) is 0 Å². The largest absolute Gasteiger partial charge is 0.355 e. The first-order valence-electron chi connectivity index (χ1n) is 5.86. The van der Waals surface area contributed by atoms with Gasteiger partial charge in [-0.15, -0.1) is 0 Å². The van der Waals surface area contributed by atoms with Crippen molar-refractivity contribution in [3.63, 3.8) is 0 Å². The zero-order valence-corrected chi connectivity index (χ0v) is 10.6. The molecule has 0 saturated carbocycles. The molecule has 2 rings (SSSR count). The molecule has 0 aliphatic carbocycles. The van der Waals surface area contributed by atoms with E-state index in [2.05, 4.69) is 18.8 Å². The lowest BCUT2D eigenvalue weighted by molar-refractivity contribution is 0.624. The van der Waals surface area contributed by atoms with Gasteiger partial charge in [-0.3, -0.25) is 0 Å². The fraction of sp³-hybridized carbons (Fsp3) is 0.125. The molecule has 0 atom stereocenters. The number of rotatable bonds is 3. The summed E-state index contributed by atoms with van der Waals surface area (Å²) in [5.41, 5.74) is 4.41. The molecule has 0 amide bonds. The number of anilines is 1. The average molecular weight is 241 g/mol. The molecule has 0 spiro atoms. The van der Waals surface area contributed by atoms with Gasteiger partial charge < -0.3 is 5.32 Å². The van der Waals surface area contributed by atoms with E-state index in [1.165, 1.54) is 17.2 Å². The summed E-state index contributed by atoms with van der Waals surface area (Å²) < 4.78 is 13.6. The van der Waals surface area contributed by atoms with Gasteiger partial charge in [0.1, 0.15) is 5.82 Å². The second-order valence-corrected chi connectivity index (χ2v) is 4.38. The van der Waals surface area contributed by atoms with E-state index < -0.39 is 0 Å². The zero-order chi connectivity index (χ0) is 13.1. The van der Waals surface area contributed by atoms with Crippen molar-refractivity contribution in [3.05, 3.63) is 71.6 Å². The predicted octanol–water partition coefficient (Wildman–Crippen LogP) is 4.53. The second kappa shape index (κ2) is 5.05. The van der Waals surface area contributed by atoms with Gasteiger partial charge in [-0.05, 0) is 49.2 Å². The minimum Gasteiger partial charge on any atom is -0.355 e. The highest BCUT2D eigenvalue weighted by Crippen LogP contribution is 2.21. The van der Waals surface area contributed by atoms with Crippen LogP contribution in [0.4, 0.5) is 10.1 Å². The van der Waals surface area contributed by atoms with Crippen LogP contribution in [0.1, 0.15) is 16.7 Å². The summed E-state index contributed by atoms with van der Waals surface area (Å²) in [7, 11) is 0. The van der Waals surface area contributed by atoms with Gasteiger partial charge in [0.15, 0.2) is 0 Å². The molecule has 1 N–H and O–H groups in total. The number of halogens is 1. The average Bonchev–Trinajstić information content (AvgIpc) is 2.34. The summed E-state index contributed by atoms with van der Waals surface area (Å²) in [5, 5.41) is 3.13. The van der Waals surface area contributed by atoms with Crippen LogP contribution in [0.3, 0.4) is 0 Å². The first kappa shape index (κ1) is 12.4. The molecular formula is C16H16FN. The molecular weight excluding hydrogens is 225 g/mol. The summed E-state index contributed by atoms with van der Waals surface area (Å²) in [4.78, 5) is 0. The number of benzene rings is 2. The van der Waals surface area contributed by atoms with Gasteiger partial charge in [0.25, 0.3) is 0 Å². The Morgan fingerprint density at radius 1 is 1.06 bits per heavy atom. The quantitative estimate of drug-likeness (QED) is 0.832. The maximum atomic E-state index is 13.6. The van der Waals surface area contributed by atoms with Gasteiger partial charge in [0.2, 0.25) is 0 Å². The van der Waals surface area contributed by atoms with E-state index >= 15 is 0 Å². The number of nitrogens with one attached hydrogen (secondary N) is 1. The molecule has 0 saturated heterocycles. The highest BCUT2D eigenvalue weighted by atomic mass is 19.1. The van der Waals surface area contributed by atoms with E-state index in [1.54, 1.807) is 18.2 Å². The third-order valence-electron chi connectivity index (χ3n) is 3.00. The molecule has 0 heterocycles. The van der Waals surface area contributed by atoms with Gasteiger partial charge in [-0.2, -0.15) is 0 Å². The molecule has 2 heteroatoms. The number of hydrogen-bond acceptors (Lipinski definition) is 1. The van der Waals surface area contributed by atoms with Crippen molar-refractivity contribution in [1.29, 1.82) is 0 Å². The minimum atomic E-state index is -0.265. The van der Waals surface area contributed by atoms with Crippen LogP contribution in [0.25, 0.3) is 5.70 Å². The van der Waals surface area contributed by atoms with Crippen molar-refractivity contribution in [3.8, 4) is 0 Å². The lowest BCUT2D eigenvalue weighted by atomic mass is 10.1. The highest BCUT2D eigenvalue weighted by Gasteiger charge is 2.05. The fourth-order valence-electron chi connectivity index (χ4n) is 1.77. The molecule has 0 unspecified atom stereocenters. The maximum Gasteiger partial charge on any atom is 0.132 e. The van der Waals surface area contributed by atoms with Gasteiger partial charge >= 0.3 is 0 Å². The standard InChI is InChI=1S/C16H16FN/c1-11-8-9-14(10-12(11)2)18-13(3)15-6-4-5-7-16(15)17/h4-10,18H,3H2,1-2H3. The third-order valence-corrected chi connectivity index (χ3v) is 3.00. The zero-order valence-electron chi connectivity index (χ0n) is 10.6. The first-order valence-corrected chi connectivity index (χ1v) is 5.86. The third kappa shape index (κ3) is 2.59. The summed E-state index contributed by atoms with van der Waals surface area (Å²) in [6.07, 6.45) is 0. The Hall–Kier alpha value is -2.09. The van der Waals surface area contributed by atoms with Gasteiger partial charge in [0.05, 0.1) is 0 Å². The van der Waals surface area contributed by atoms with E-state index in [1.807, 2.05) is 25.1 Å². The van der Waals surface area contributed by atoms with Crippen molar-refractivity contribution < 1.29 is 4.39 Å². The molecule has 2 aromatic carbocycles. The molecule has 0 aromatic heterocycles. The molecule has 92 valence electrons. The molecule has 1 nitrogen and oxygen atoms in total. The van der Waals surface area contributed by atoms with Gasteiger partial charge in [-0.1, -0.05) is 24.8 Å². The molecule has 0 aliphatic heterocycles. The van der Waals surface area contributed by atoms with Gasteiger partial charge in [-0.25, -0.2) is 4.39 Å². The Kier molecular flexibility index (Phi) is 3.47. The predicted molar refractivity (Wildman–Crippen MR) is 75.0 cm³/mol.